The molecule has 0 aliphatic carbocycles. The Balaban J connectivity index is 2.70. The third kappa shape index (κ3) is 4.16. The van der Waals surface area contributed by atoms with Crippen molar-refractivity contribution in [1.82, 2.24) is 4.90 Å². The van der Waals surface area contributed by atoms with Gasteiger partial charge in [0.15, 0.2) is 5.75 Å². The van der Waals surface area contributed by atoms with Crippen molar-refractivity contribution in [3.8, 4) is 11.8 Å². The molecule has 0 aliphatic heterocycles. The van der Waals surface area contributed by atoms with Crippen LogP contribution in [0.5, 0.6) is 5.75 Å². The largest absolute Gasteiger partial charge is 0.490 e. The van der Waals surface area contributed by atoms with Crippen LogP contribution in [0.2, 0.25) is 5.02 Å². The summed E-state index contributed by atoms with van der Waals surface area (Å²) in [5.74, 6) is 0.564. The number of ether oxygens (including phenoxy) is 1. The summed E-state index contributed by atoms with van der Waals surface area (Å²) < 4.78 is 6.39. The maximum atomic E-state index is 9.05. The van der Waals surface area contributed by atoms with E-state index in [2.05, 4.69) is 40.7 Å². The van der Waals surface area contributed by atoms with E-state index in [-0.39, 0.29) is 0 Å². The molecule has 0 unspecified atom stereocenters. The smallest absolute Gasteiger partial charge is 0.151 e. The Morgan fingerprint density at radius 1 is 1.39 bits per heavy atom. The molecule has 1 aromatic rings. The summed E-state index contributed by atoms with van der Waals surface area (Å²) in [5.41, 5.74) is 0.453. The molecule has 0 fully saturated rings. The number of nitrogens with zero attached hydrogens (tertiary/aromatic N) is 2. The summed E-state index contributed by atoms with van der Waals surface area (Å²) in [6.07, 6.45) is 0. The summed E-state index contributed by atoms with van der Waals surface area (Å²) in [6, 6.07) is 5.43. The summed E-state index contributed by atoms with van der Waals surface area (Å²) in [7, 11) is 0. The van der Waals surface area contributed by atoms with Gasteiger partial charge in [-0.1, -0.05) is 25.4 Å². The van der Waals surface area contributed by atoms with Crippen LogP contribution in [0.1, 0.15) is 19.4 Å². The van der Waals surface area contributed by atoms with Gasteiger partial charge in [0, 0.05) is 11.6 Å². The minimum absolute atomic E-state index is 0.453. The van der Waals surface area contributed by atoms with Gasteiger partial charge in [-0.2, -0.15) is 5.26 Å². The molecule has 0 bridgehead atoms. The molecule has 0 heterocycles. The number of likely N-dealkylation sites (N-methyl/N-ethyl adjacent to an activating group) is 1. The van der Waals surface area contributed by atoms with Gasteiger partial charge in [0.25, 0.3) is 0 Å². The molecular weight excluding hydrogens is 316 g/mol. The van der Waals surface area contributed by atoms with E-state index in [0.29, 0.717) is 27.4 Å². The Bertz CT molecular complexity index is 441. The average Bonchev–Trinajstić information content (AvgIpc) is 2.36. The van der Waals surface area contributed by atoms with E-state index in [1.165, 1.54) is 0 Å². The fourth-order valence-electron chi connectivity index (χ4n) is 1.61. The lowest BCUT2D eigenvalue weighted by Gasteiger charge is -2.18. The van der Waals surface area contributed by atoms with Crippen molar-refractivity contribution in [3.05, 3.63) is 27.2 Å². The van der Waals surface area contributed by atoms with Gasteiger partial charge in [0.1, 0.15) is 12.7 Å². The quantitative estimate of drug-likeness (QED) is 0.797. The molecule has 98 valence electrons. The summed E-state index contributed by atoms with van der Waals surface area (Å²) in [5, 5.41) is 9.57. The standard InChI is InChI=1S/C13H16BrClN2O/c1-3-17(4-2)5-6-18-13-10(9-16)7-11(15)8-12(13)14/h7-8H,3-6H2,1-2H3. The molecule has 0 atom stereocenters. The molecule has 0 aromatic heterocycles. The number of hydrogen-bond acceptors (Lipinski definition) is 3. The molecule has 0 saturated carbocycles. The van der Waals surface area contributed by atoms with Crippen LogP contribution in [-0.2, 0) is 0 Å². The first kappa shape index (κ1) is 15.3. The molecule has 0 saturated heterocycles. The number of nitriles is 1. The maximum Gasteiger partial charge on any atom is 0.151 e. The fraction of sp³-hybridized carbons (Fsp3) is 0.462. The van der Waals surface area contributed by atoms with Crippen molar-refractivity contribution in [2.45, 2.75) is 13.8 Å². The van der Waals surface area contributed by atoms with E-state index in [1.54, 1.807) is 12.1 Å². The van der Waals surface area contributed by atoms with E-state index in [0.717, 1.165) is 19.6 Å². The van der Waals surface area contributed by atoms with Crippen LogP contribution in [0.3, 0.4) is 0 Å². The summed E-state index contributed by atoms with van der Waals surface area (Å²) in [6.45, 7) is 7.61. The third-order valence-corrected chi connectivity index (χ3v) is 3.48. The molecule has 18 heavy (non-hydrogen) atoms. The first-order valence-corrected chi connectivity index (χ1v) is 7.03. The van der Waals surface area contributed by atoms with E-state index in [1.807, 2.05) is 0 Å². The normalized spacial score (nSPS) is 10.4. The Kier molecular flexibility index (Phi) is 6.48. The summed E-state index contributed by atoms with van der Waals surface area (Å²) >= 11 is 9.25. The highest BCUT2D eigenvalue weighted by atomic mass is 79.9. The highest BCUT2D eigenvalue weighted by Gasteiger charge is 2.10. The van der Waals surface area contributed by atoms with Gasteiger partial charge >= 0.3 is 0 Å². The Hall–Kier alpha value is -0.760. The third-order valence-electron chi connectivity index (χ3n) is 2.68. The second kappa shape index (κ2) is 7.63. The lowest BCUT2D eigenvalue weighted by molar-refractivity contribution is 0.221. The van der Waals surface area contributed by atoms with Crippen LogP contribution in [0.4, 0.5) is 0 Å². The number of halogens is 2. The maximum absolute atomic E-state index is 9.05. The number of rotatable bonds is 6. The van der Waals surface area contributed by atoms with Crippen molar-refractivity contribution in [1.29, 1.82) is 5.26 Å². The van der Waals surface area contributed by atoms with E-state index >= 15 is 0 Å². The Labute approximate surface area is 121 Å². The predicted octanol–water partition coefficient (Wildman–Crippen LogP) is 3.69. The zero-order valence-corrected chi connectivity index (χ0v) is 12.9. The molecule has 0 N–H and O–H groups in total. The fourth-order valence-corrected chi connectivity index (χ4v) is 2.53. The molecule has 1 aromatic carbocycles. The SMILES string of the molecule is CCN(CC)CCOc1c(Br)cc(Cl)cc1C#N. The van der Waals surface area contributed by atoms with Crippen LogP contribution in [0, 0.1) is 11.3 Å². The molecule has 0 spiro atoms. The molecular formula is C13H16BrClN2O. The average molecular weight is 332 g/mol. The van der Waals surface area contributed by atoms with E-state index < -0.39 is 0 Å². The van der Waals surface area contributed by atoms with Crippen LogP contribution in [0.25, 0.3) is 0 Å². The second-order valence-corrected chi connectivity index (χ2v) is 5.04. The highest BCUT2D eigenvalue weighted by molar-refractivity contribution is 9.10. The van der Waals surface area contributed by atoms with Crippen molar-refractivity contribution in [2.75, 3.05) is 26.2 Å². The Morgan fingerprint density at radius 3 is 2.61 bits per heavy atom. The first-order valence-electron chi connectivity index (χ1n) is 5.86. The van der Waals surface area contributed by atoms with Gasteiger partial charge in [-0.25, -0.2) is 0 Å². The minimum Gasteiger partial charge on any atom is -0.490 e. The van der Waals surface area contributed by atoms with Gasteiger partial charge in [-0.15, -0.1) is 0 Å². The summed E-state index contributed by atoms with van der Waals surface area (Å²) in [4.78, 5) is 2.26. The van der Waals surface area contributed by atoms with E-state index in [9.17, 15) is 0 Å². The first-order chi connectivity index (χ1) is 8.62. The van der Waals surface area contributed by atoms with Crippen LogP contribution < -0.4 is 4.74 Å². The molecule has 0 aliphatic rings. The van der Waals surface area contributed by atoms with E-state index in [4.69, 9.17) is 21.6 Å². The number of hydrogen-bond donors (Lipinski definition) is 0. The van der Waals surface area contributed by atoms with Crippen molar-refractivity contribution in [3.63, 3.8) is 0 Å². The minimum atomic E-state index is 0.453. The van der Waals surface area contributed by atoms with Gasteiger partial charge in [0.2, 0.25) is 0 Å². The monoisotopic (exact) mass is 330 g/mol. The van der Waals surface area contributed by atoms with Gasteiger partial charge in [-0.3, -0.25) is 0 Å². The van der Waals surface area contributed by atoms with Crippen molar-refractivity contribution in [2.24, 2.45) is 0 Å². The van der Waals surface area contributed by atoms with Gasteiger partial charge in [-0.05, 0) is 41.2 Å². The van der Waals surface area contributed by atoms with Crippen LogP contribution >= 0.6 is 27.5 Å². The van der Waals surface area contributed by atoms with Crippen molar-refractivity contribution < 1.29 is 4.74 Å². The molecule has 5 heteroatoms. The second-order valence-electron chi connectivity index (χ2n) is 3.75. The van der Waals surface area contributed by atoms with Crippen LogP contribution in [-0.4, -0.2) is 31.1 Å². The van der Waals surface area contributed by atoms with Gasteiger partial charge < -0.3 is 9.64 Å². The molecule has 1 rings (SSSR count). The highest BCUT2D eigenvalue weighted by Crippen LogP contribution is 2.32. The topological polar surface area (TPSA) is 36.3 Å². The molecule has 3 nitrogen and oxygen atoms in total. The zero-order valence-electron chi connectivity index (χ0n) is 10.5. The molecule has 0 radical (unpaired) electrons. The van der Waals surface area contributed by atoms with Crippen molar-refractivity contribution >= 4 is 27.5 Å². The Morgan fingerprint density at radius 2 is 2.06 bits per heavy atom. The lowest BCUT2D eigenvalue weighted by atomic mass is 10.2. The van der Waals surface area contributed by atoms with Crippen LogP contribution in [0.15, 0.2) is 16.6 Å². The molecule has 0 amide bonds. The van der Waals surface area contributed by atoms with Gasteiger partial charge in [0.05, 0.1) is 10.0 Å². The number of benzene rings is 1. The lowest BCUT2D eigenvalue weighted by Crippen LogP contribution is -2.28. The zero-order chi connectivity index (χ0) is 13.5. The predicted molar refractivity (Wildman–Crippen MR) is 77.2 cm³/mol.